The van der Waals surface area contributed by atoms with Gasteiger partial charge in [0.2, 0.25) is 0 Å². The summed E-state index contributed by atoms with van der Waals surface area (Å²) in [6.45, 7) is 0. The van der Waals surface area contributed by atoms with Crippen LogP contribution in [0.2, 0.25) is 0 Å². The van der Waals surface area contributed by atoms with Crippen LogP contribution >= 0.6 is 0 Å². The molecule has 1 heteroatoms. The molecule has 3 rings (SSSR count). The van der Waals surface area contributed by atoms with E-state index in [1.165, 1.54) is 11.1 Å². The van der Waals surface area contributed by atoms with E-state index in [1.54, 1.807) is 0 Å². The number of hydrogen-bond acceptors (Lipinski definition) is 0. The van der Waals surface area contributed by atoms with Crippen LogP contribution in [0.25, 0.3) is 11.1 Å². The molecule has 0 N–H and O–H groups in total. The molecule has 2 aromatic rings. The Morgan fingerprint density at radius 3 is 2.77 bits per heavy atom. The van der Waals surface area contributed by atoms with Crippen molar-refractivity contribution in [3.63, 3.8) is 0 Å². The van der Waals surface area contributed by atoms with Crippen LogP contribution in [0.1, 0.15) is 0 Å². The highest BCUT2D eigenvalue weighted by Gasteiger charge is 2.17. The van der Waals surface area contributed by atoms with E-state index < -0.39 is 0 Å². The molecule has 0 aromatic heterocycles. The summed E-state index contributed by atoms with van der Waals surface area (Å²) in [5.41, 5.74) is 4.43. The molecule has 0 spiro atoms. The van der Waals surface area contributed by atoms with E-state index in [0.29, 0.717) is 0 Å². The molecule has 0 saturated heterocycles. The van der Waals surface area contributed by atoms with Gasteiger partial charge in [0.25, 0.3) is 0 Å². The maximum absolute atomic E-state index is 4.46. The summed E-state index contributed by atoms with van der Waals surface area (Å²) in [5.74, 6) is 0. The van der Waals surface area contributed by atoms with Crippen LogP contribution in [-0.2, 0) is 0 Å². The third-order valence-corrected chi connectivity index (χ3v) is 2.26. The van der Waals surface area contributed by atoms with Gasteiger partial charge in [-0.2, -0.15) is 0 Å². The summed E-state index contributed by atoms with van der Waals surface area (Å²) in [6.07, 6.45) is 0. The zero-order chi connectivity index (χ0) is 8.67. The van der Waals surface area contributed by atoms with Crippen LogP contribution in [0, 0.1) is 6.07 Å². The molecule has 0 atom stereocenters. The molecule has 2 radical (unpaired) electrons. The van der Waals surface area contributed by atoms with Crippen molar-refractivity contribution >= 4 is 11.4 Å². The van der Waals surface area contributed by atoms with E-state index in [-0.39, 0.29) is 0 Å². The number of benzene rings is 2. The van der Waals surface area contributed by atoms with Crippen molar-refractivity contribution in [3.05, 3.63) is 48.5 Å². The zero-order valence-electron chi connectivity index (χ0n) is 6.99. The SMILES string of the molecule is [c]1cccc2c1[N]c1ccccc1-2. The van der Waals surface area contributed by atoms with Crippen molar-refractivity contribution in [2.75, 3.05) is 0 Å². The first kappa shape index (κ1) is 6.72. The topological polar surface area (TPSA) is 14.1 Å². The maximum atomic E-state index is 4.46. The van der Waals surface area contributed by atoms with Gasteiger partial charge in [-0.25, -0.2) is 5.32 Å². The lowest BCUT2D eigenvalue weighted by Gasteiger charge is -1.94. The molecule has 1 heterocycles. The molecule has 0 saturated carbocycles. The minimum absolute atomic E-state index is 0.962. The lowest BCUT2D eigenvalue weighted by Crippen LogP contribution is -1.79. The highest BCUT2D eigenvalue weighted by molar-refractivity contribution is 5.89. The minimum atomic E-state index is 0.962. The number of para-hydroxylation sites is 2. The van der Waals surface area contributed by atoms with E-state index >= 15 is 0 Å². The average molecular weight is 165 g/mol. The molecule has 13 heavy (non-hydrogen) atoms. The van der Waals surface area contributed by atoms with E-state index in [2.05, 4.69) is 23.5 Å². The maximum Gasteiger partial charge on any atom is 0.0795 e. The van der Waals surface area contributed by atoms with Gasteiger partial charge in [0.1, 0.15) is 0 Å². The van der Waals surface area contributed by atoms with E-state index in [4.69, 9.17) is 0 Å². The second-order valence-corrected chi connectivity index (χ2v) is 3.06. The predicted octanol–water partition coefficient (Wildman–Crippen LogP) is 3.03. The van der Waals surface area contributed by atoms with Gasteiger partial charge in [-0.1, -0.05) is 36.4 Å². The summed E-state index contributed by atoms with van der Waals surface area (Å²) in [7, 11) is 0. The fraction of sp³-hybridized carbons (Fsp3) is 0. The molecule has 60 valence electrons. The van der Waals surface area contributed by atoms with Crippen molar-refractivity contribution in [2.24, 2.45) is 0 Å². The molecule has 1 aliphatic rings. The zero-order valence-corrected chi connectivity index (χ0v) is 6.99. The monoisotopic (exact) mass is 165 g/mol. The summed E-state index contributed by atoms with van der Waals surface area (Å²) in [4.78, 5) is 0. The van der Waals surface area contributed by atoms with Gasteiger partial charge in [-0.05, 0) is 6.07 Å². The third kappa shape index (κ3) is 0.872. The largest absolute Gasteiger partial charge is 0.247 e. The van der Waals surface area contributed by atoms with Crippen LogP contribution < -0.4 is 5.32 Å². The van der Waals surface area contributed by atoms with Crippen molar-refractivity contribution in [1.82, 2.24) is 5.32 Å². The number of hydrogen-bond donors (Lipinski definition) is 0. The third-order valence-electron chi connectivity index (χ3n) is 2.26. The smallest absolute Gasteiger partial charge is 0.0795 e. The standard InChI is InChI=1S/C12H7N/c1-3-7-11-9(5-1)10-6-2-4-8-12(10)13-11/h1-7H. The van der Waals surface area contributed by atoms with E-state index in [0.717, 1.165) is 11.4 Å². The lowest BCUT2D eigenvalue weighted by molar-refractivity contribution is 1.23. The Hall–Kier alpha value is -1.76. The second-order valence-electron chi connectivity index (χ2n) is 3.06. The van der Waals surface area contributed by atoms with Gasteiger partial charge < -0.3 is 0 Å². The molecule has 0 unspecified atom stereocenters. The van der Waals surface area contributed by atoms with Gasteiger partial charge >= 0.3 is 0 Å². The quantitative estimate of drug-likeness (QED) is 0.486. The van der Waals surface area contributed by atoms with Gasteiger partial charge in [-0.3, -0.25) is 0 Å². The molecule has 0 fully saturated rings. The normalized spacial score (nSPS) is 11.7. The Bertz CT molecular complexity index is 417. The Kier molecular flexibility index (Phi) is 1.22. The highest BCUT2D eigenvalue weighted by atomic mass is 14.9. The Labute approximate surface area is 77.0 Å². The minimum Gasteiger partial charge on any atom is -0.247 e. The van der Waals surface area contributed by atoms with Crippen LogP contribution in [-0.4, -0.2) is 0 Å². The first-order chi connectivity index (χ1) is 6.45. The summed E-state index contributed by atoms with van der Waals surface area (Å²) < 4.78 is 0. The highest BCUT2D eigenvalue weighted by Crippen LogP contribution is 2.41. The first-order valence-corrected chi connectivity index (χ1v) is 4.27. The second kappa shape index (κ2) is 2.36. The molecule has 1 nitrogen and oxygen atoms in total. The van der Waals surface area contributed by atoms with Gasteiger partial charge in [-0.15, -0.1) is 0 Å². The molecule has 0 amide bonds. The molecule has 2 aromatic carbocycles. The molecule has 0 bridgehead atoms. The Balaban J connectivity index is 2.32. The van der Waals surface area contributed by atoms with Crippen LogP contribution in [0.3, 0.4) is 0 Å². The number of fused-ring (bicyclic) bond motifs is 3. The predicted molar refractivity (Wildman–Crippen MR) is 52.2 cm³/mol. The van der Waals surface area contributed by atoms with Crippen molar-refractivity contribution < 1.29 is 0 Å². The Morgan fingerprint density at radius 1 is 0.923 bits per heavy atom. The van der Waals surface area contributed by atoms with Crippen LogP contribution in [0.15, 0.2) is 42.5 Å². The van der Waals surface area contributed by atoms with E-state index in [1.807, 2.05) is 30.3 Å². The van der Waals surface area contributed by atoms with Crippen molar-refractivity contribution in [3.8, 4) is 11.1 Å². The molecule has 1 aliphatic heterocycles. The molecular formula is C12H7N. The van der Waals surface area contributed by atoms with Crippen LogP contribution in [0.4, 0.5) is 11.4 Å². The lowest BCUT2D eigenvalue weighted by atomic mass is 10.1. The molecule has 0 aliphatic carbocycles. The number of rotatable bonds is 0. The van der Waals surface area contributed by atoms with E-state index in [9.17, 15) is 0 Å². The summed E-state index contributed by atoms with van der Waals surface area (Å²) >= 11 is 0. The Morgan fingerprint density at radius 2 is 1.77 bits per heavy atom. The van der Waals surface area contributed by atoms with Gasteiger partial charge in [0.05, 0.1) is 11.4 Å². The van der Waals surface area contributed by atoms with Crippen molar-refractivity contribution in [2.45, 2.75) is 0 Å². The number of nitrogens with zero attached hydrogens (tertiary/aromatic N) is 1. The summed E-state index contributed by atoms with van der Waals surface area (Å²) in [5, 5.41) is 4.46. The van der Waals surface area contributed by atoms with Crippen molar-refractivity contribution in [1.29, 1.82) is 0 Å². The van der Waals surface area contributed by atoms with Crippen LogP contribution in [0.5, 0.6) is 0 Å². The molecular weight excluding hydrogens is 158 g/mol. The fourth-order valence-electron chi connectivity index (χ4n) is 1.66. The first-order valence-electron chi connectivity index (χ1n) is 4.27. The fourth-order valence-corrected chi connectivity index (χ4v) is 1.66. The van der Waals surface area contributed by atoms with Gasteiger partial charge in [0.15, 0.2) is 0 Å². The summed E-state index contributed by atoms with van der Waals surface area (Å²) in [6, 6.07) is 17.3. The van der Waals surface area contributed by atoms with Gasteiger partial charge in [0, 0.05) is 17.2 Å². The average Bonchev–Trinajstić information content (AvgIpc) is 2.56.